The first-order chi connectivity index (χ1) is 16.3. The molecule has 3 heterocycles. The number of aromatic nitrogens is 1. The Bertz CT molecular complexity index is 1380. The number of amides is 2. The number of nitrogens with zero attached hydrogens (tertiary/aromatic N) is 3. The highest BCUT2D eigenvalue weighted by atomic mass is 32.2. The van der Waals surface area contributed by atoms with E-state index in [0.29, 0.717) is 20.6 Å². The SMILES string of the molecule is CCCCn1c(=O)/c(=C/C=C2/Sc3ccccc3N2CC)s/c1=C1\SC(=S)N(NC(C)=O)C1=O. The van der Waals surface area contributed by atoms with Crippen LogP contribution in [0.5, 0.6) is 0 Å². The molecule has 0 atom stereocenters. The van der Waals surface area contributed by atoms with Crippen molar-refractivity contribution in [2.45, 2.75) is 45.1 Å². The summed E-state index contributed by atoms with van der Waals surface area (Å²) in [5, 5.41) is 2.12. The fourth-order valence-corrected chi connectivity index (χ4v) is 7.16. The Balaban J connectivity index is 1.80. The van der Waals surface area contributed by atoms with Gasteiger partial charge in [0.2, 0.25) is 5.91 Å². The topological polar surface area (TPSA) is 74.7 Å². The van der Waals surface area contributed by atoms with Crippen molar-refractivity contribution >= 4 is 79.9 Å². The number of hydrogen-bond donors (Lipinski definition) is 1. The minimum Gasteiger partial charge on any atom is -0.335 e. The van der Waals surface area contributed by atoms with Crippen LogP contribution in [0, 0.1) is 0 Å². The monoisotopic (exact) mass is 532 g/mol. The molecule has 1 aromatic heterocycles. The van der Waals surface area contributed by atoms with E-state index < -0.39 is 5.91 Å². The number of para-hydroxylation sites is 1. The van der Waals surface area contributed by atoms with Crippen LogP contribution < -0.4 is 25.1 Å². The lowest BCUT2D eigenvalue weighted by Crippen LogP contribution is -2.44. The number of thiocarbonyl (C=S) groups is 1. The number of thioether (sulfide) groups is 2. The van der Waals surface area contributed by atoms with Gasteiger partial charge in [0.15, 0.2) is 4.32 Å². The largest absolute Gasteiger partial charge is 0.335 e. The second-order valence-electron chi connectivity index (χ2n) is 7.57. The van der Waals surface area contributed by atoms with Crippen LogP contribution in [-0.4, -0.2) is 32.3 Å². The molecule has 34 heavy (non-hydrogen) atoms. The molecule has 2 aliphatic rings. The quantitative estimate of drug-likeness (QED) is 0.574. The summed E-state index contributed by atoms with van der Waals surface area (Å²) in [7, 11) is 0. The van der Waals surface area contributed by atoms with E-state index in [0.717, 1.165) is 46.9 Å². The fourth-order valence-electron chi connectivity index (χ4n) is 3.62. The average molecular weight is 533 g/mol. The van der Waals surface area contributed by atoms with Crippen LogP contribution in [0.1, 0.15) is 33.6 Å². The molecule has 1 saturated heterocycles. The standard InChI is InChI=1S/C23H24N4O3S4/c1-4-6-13-26-20(29)17(11-12-18-25(5-2)15-9-7-8-10-16(15)32-18)33-22(26)19-21(30)27(23(31)34-19)24-14(3)28/h7-12H,4-6,13H2,1-3H3,(H,24,28)/b17-11-,18-12+,22-19-. The molecule has 2 aromatic rings. The van der Waals surface area contributed by atoms with Crippen molar-refractivity contribution in [3.63, 3.8) is 0 Å². The minimum absolute atomic E-state index is 0.126. The number of unbranched alkanes of at least 4 members (excludes halogenated alkanes) is 1. The summed E-state index contributed by atoms with van der Waals surface area (Å²) in [5.41, 5.74) is 3.50. The number of carbonyl (C=O) groups is 2. The molecule has 1 N–H and O–H groups in total. The number of hydrazine groups is 1. The molecule has 0 saturated carbocycles. The average Bonchev–Trinajstić information content (AvgIpc) is 3.42. The van der Waals surface area contributed by atoms with Crippen molar-refractivity contribution in [3.05, 3.63) is 54.9 Å². The van der Waals surface area contributed by atoms with Crippen LogP contribution in [0.4, 0.5) is 5.69 Å². The van der Waals surface area contributed by atoms with Crippen molar-refractivity contribution in [1.29, 1.82) is 0 Å². The van der Waals surface area contributed by atoms with Crippen LogP contribution in [0.15, 0.2) is 45.1 Å². The van der Waals surface area contributed by atoms with E-state index in [9.17, 15) is 14.4 Å². The van der Waals surface area contributed by atoms with Crippen molar-refractivity contribution < 1.29 is 9.59 Å². The number of allylic oxidation sites excluding steroid dienone is 1. The van der Waals surface area contributed by atoms with Crippen LogP contribution in [-0.2, 0) is 16.1 Å². The van der Waals surface area contributed by atoms with Gasteiger partial charge in [-0.1, -0.05) is 37.2 Å². The minimum atomic E-state index is -0.416. The van der Waals surface area contributed by atoms with Crippen LogP contribution in [0.3, 0.4) is 0 Å². The first kappa shape index (κ1) is 24.8. The van der Waals surface area contributed by atoms with Gasteiger partial charge >= 0.3 is 0 Å². The zero-order valence-corrected chi connectivity index (χ0v) is 22.3. The van der Waals surface area contributed by atoms with Gasteiger partial charge in [0, 0.05) is 24.9 Å². The molecule has 0 bridgehead atoms. The molecule has 2 amide bonds. The highest BCUT2D eigenvalue weighted by Crippen LogP contribution is 2.45. The zero-order valence-electron chi connectivity index (χ0n) is 19.0. The van der Waals surface area contributed by atoms with E-state index in [-0.39, 0.29) is 15.8 Å². The van der Waals surface area contributed by atoms with Crippen molar-refractivity contribution in [2.24, 2.45) is 0 Å². The number of carbonyl (C=O) groups excluding carboxylic acids is 2. The Morgan fingerprint density at radius 1 is 1.15 bits per heavy atom. The number of benzene rings is 1. The molecule has 11 heteroatoms. The summed E-state index contributed by atoms with van der Waals surface area (Å²) < 4.78 is 3.02. The van der Waals surface area contributed by atoms with E-state index in [2.05, 4.69) is 36.3 Å². The lowest BCUT2D eigenvalue weighted by Gasteiger charge is -2.17. The number of thiazole rings is 1. The number of rotatable bonds is 6. The summed E-state index contributed by atoms with van der Waals surface area (Å²) in [6, 6.07) is 8.23. The molecular formula is C23H24N4O3S4. The van der Waals surface area contributed by atoms with Crippen LogP contribution in [0.2, 0.25) is 0 Å². The summed E-state index contributed by atoms with van der Waals surface area (Å²) in [5.74, 6) is -0.802. The number of fused-ring (bicyclic) bond motifs is 1. The summed E-state index contributed by atoms with van der Waals surface area (Å²) in [4.78, 5) is 41.6. The van der Waals surface area contributed by atoms with E-state index >= 15 is 0 Å². The van der Waals surface area contributed by atoms with Gasteiger partial charge in [-0.25, -0.2) is 0 Å². The van der Waals surface area contributed by atoms with Gasteiger partial charge in [-0.15, -0.1) is 11.3 Å². The predicted octanol–water partition coefficient (Wildman–Crippen LogP) is 2.98. The van der Waals surface area contributed by atoms with E-state index in [4.69, 9.17) is 12.2 Å². The van der Waals surface area contributed by atoms with E-state index in [1.165, 1.54) is 23.2 Å². The Hall–Kier alpha value is -2.34. The summed E-state index contributed by atoms with van der Waals surface area (Å²) in [6.07, 6.45) is 5.53. The van der Waals surface area contributed by atoms with Gasteiger partial charge in [0.25, 0.3) is 11.5 Å². The maximum Gasteiger partial charge on any atom is 0.288 e. The van der Waals surface area contributed by atoms with Gasteiger partial charge in [0.05, 0.1) is 15.2 Å². The van der Waals surface area contributed by atoms with Crippen molar-refractivity contribution in [2.75, 3.05) is 11.4 Å². The Kier molecular flexibility index (Phi) is 7.66. The molecule has 4 rings (SSSR count). The molecule has 2 aliphatic heterocycles. The second kappa shape index (κ2) is 10.5. The van der Waals surface area contributed by atoms with Gasteiger partial charge in [-0.05, 0) is 61.6 Å². The summed E-state index contributed by atoms with van der Waals surface area (Å²) in [6.45, 7) is 6.80. The number of nitrogens with one attached hydrogen (secondary N) is 1. The Morgan fingerprint density at radius 2 is 1.91 bits per heavy atom. The summed E-state index contributed by atoms with van der Waals surface area (Å²) >= 11 is 9.35. The molecule has 0 spiro atoms. The third-order valence-corrected chi connectivity index (χ3v) is 8.98. The molecule has 1 aromatic carbocycles. The second-order valence-corrected chi connectivity index (χ2v) is 11.3. The molecular weight excluding hydrogens is 509 g/mol. The maximum absolute atomic E-state index is 13.3. The predicted molar refractivity (Wildman–Crippen MR) is 145 cm³/mol. The van der Waals surface area contributed by atoms with E-state index in [1.807, 2.05) is 24.3 Å². The molecule has 178 valence electrons. The number of hydrogen-bond acceptors (Lipinski definition) is 8. The lowest BCUT2D eigenvalue weighted by atomic mass is 10.3. The molecule has 7 nitrogen and oxygen atoms in total. The molecule has 0 unspecified atom stereocenters. The maximum atomic E-state index is 13.3. The highest BCUT2D eigenvalue weighted by molar-refractivity contribution is 8.30. The first-order valence-corrected chi connectivity index (χ1v) is 13.7. The lowest BCUT2D eigenvalue weighted by molar-refractivity contribution is -0.131. The fraction of sp³-hybridized carbons (Fsp3) is 0.304. The van der Waals surface area contributed by atoms with E-state index in [1.54, 1.807) is 16.3 Å². The smallest absolute Gasteiger partial charge is 0.288 e. The molecule has 0 radical (unpaired) electrons. The number of anilines is 1. The zero-order chi connectivity index (χ0) is 24.4. The van der Waals surface area contributed by atoms with Gasteiger partial charge in [0.1, 0.15) is 9.57 Å². The Morgan fingerprint density at radius 3 is 2.62 bits per heavy atom. The first-order valence-electron chi connectivity index (χ1n) is 10.9. The third kappa shape index (κ3) is 4.74. The van der Waals surface area contributed by atoms with Gasteiger partial charge in [-0.3, -0.25) is 24.4 Å². The van der Waals surface area contributed by atoms with Crippen LogP contribution in [0.25, 0.3) is 11.0 Å². The van der Waals surface area contributed by atoms with Crippen LogP contribution >= 0.6 is 47.1 Å². The van der Waals surface area contributed by atoms with Crippen molar-refractivity contribution in [1.82, 2.24) is 15.0 Å². The Labute approximate surface area is 215 Å². The van der Waals surface area contributed by atoms with Gasteiger partial charge in [-0.2, -0.15) is 5.01 Å². The molecule has 1 fully saturated rings. The third-order valence-electron chi connectivity index (χ3n) is 5.21. The molecule has 0 aliphatic carbocycles. The normalized spacial score (nSPS) is 18.9. The van der Waals surface area contributed by atoms with Crippen molar-refractivity contribution in [3.8, 4) is 0 Å². The highest BCUT2D eigenvalue weighted by Gasteiger charge is 2.35. The van der Waals surface area contributed by atoms with Gasteiger partial charge < -0.3 is 4.90 Å².